The lowest BCUT2D eigenvalue weighted by atomic mass is 10.1. The minimum atomic E-state index is -4.15. The molecule has 0 fully saturated rings. The molecule has 3 rings (SSSR count). The van der Waals surface area contributed by atoms with Crippen LogP contribution in [0.15, 0.2) is 77.7 Å². The maximum Gasteiger partial charge on any atom is 0.264 e. The molecule has 0 spiro atoms. The third-order valence-corrected chi connectivity index (χ3v) is 8.47. The molecule has 8 nitrogen and oxygen atoms in total. The van der Waals surface area contributed by atoms with E-state index in [1.165, 1.54) is 23.1 Å². The van der Waals surface area contributed by atoms with Crippen LogP contribution >= 0.6 is 11.6 Å². The van der Waals surface area contributed by atoms with E-state index >= 15 is 0 Å². The number of sulfonamides is 1. The van der Waals surface area contributed by atoms with Gasteiger partial charge in [-0.25, -0.2) is 8.42 Å². The van der Waals surface area contributed by atoms with Gasteiger partial charge in [-0.05, 0) is 67.8 Å². The third kappa shape index (κ3) is 7.30. The Labute approximate surface area is 235 Å². The number of halogens is 1. The zero-order chi connectivity index (χ0) is 28.6. The summed E-state index contributed by atoms with van der Waals surface area (Å²) in [5, 5.41) is 3.16. The van der Waals surface area contributed by atoms with Gasteiger partial charge in [-0.3, -0.25) is 13.9 Å². The molecule has 208 valence electrons. The number of ether oxygens (including phenoxy) is 1. The minimum Gasteiger partial charge on any atom is -0.497 e. The van der Waals surface area contributed by atoms with Crippen molar-refractivity contribution in [1.29, 1.82) is 0 Å². The van der Waals surface area contributed by atoms with Crippen molar-refractivity contribution >= 4 is 39.1 Å². The summed E-state index contributed by atoms with van der Waals surface area (Å²) in [7, 11) is -2.61. The average molecular weight is 572 g/mol. The number of nitrogens with zero attached hydrogens (tertiary/aromatic N) is 2. The number of rotatable bonds is 12. The molecule has 0 heterocycles. The summed E-state index contributed by atoms with van der Waals surface area (Å²) < 4.78 is 34.0. The van der Waals surface area contributed by atoms with Crippen LogP contribution in [0.5, 0.6) is 5.75 Å². The molecule has 0 unspecified atom stereocenters. The number of benzene rings is 3. The van der Waals surface area contributed by atoms with E-state index in [4.69, 9.17) is 16.3 Å². The SMILES string of the molecule is CCNC(=O)[C@@H](CC)N(Cc1cccc(OC)c1)C(=O)CN(c1ccc(C)c(Cl)c1)S(=O)(=O)c1ccccc1. The monoisotopic (exact) mass is 571 g/mol. The molecule has 1 atom stereocenters. The Balaban J connectivity index is 2.08. The largest absolute Gasteiger partial charge is 0.497 e. The van der Waals surface area contributed by atoms with Crippen molar-refractivity contribution < 1.29 is 22.7 Å². The first kappa shape index (κ1) is 30.0. The smallest absolute Gasteiger partial charge is 0.264 e. The molecule has 10 heteroatoms. The second-order valence-electron chi connectivity index (χ2n) is 8.95. The average Bonchev–Trinajstić information content (AvgIpc) is 2.93. The highest BCUT2D eigenvalue weighted by atomic mass is 35.5. The molecule has 2 amide bonds. The van der Waals surface area contributed by atoms with Gasteiger partial charge in [0.15, 0.2) is 0 Å². The first-order chi connectivity index (χ1) is 18.6. The standard InChI is InChI=1S/C29H34ClN3O5S/c1-5-27(29(35)31-6-2)32(19-22-11-10-12-24(17-22)38-4)28(34)20-33(23-16-15-21(3)26(30)18-23)39(36,37)25-13-8-7-9-14-25/h7-18,27H,5-6,19-20H2,1-4H3,(H,31,35)/t27-/m1/s1. The summed E-state index contributed by atoms with van der Waals surface area (Å²) in [4.78, 5) is 28.5. The van der Waals surface area contributed by atoms with Gasteiger partial charge < -0.3 is 15.0 Å². The molecule has 0 bridgehead atoms. The van der Waals surface area contributed by atoms with Crippen molar-refractivity contribution in [3.63, 3.8) is 0 Å². The first-order valence-electron chi connectivity index (χ1n) is 12.7. The maximum atomic E-state index is 14.0. The summed E-state index contributed by atoms with van der Waals surface area (Å²) in [5.74, 6) is -0.243. The van der Waals surface area contributed by atoms with Crippen LogP contribution in [-0.4, -0.2) is 51.4 Å². The highest BCUT2D eigenvalue weighted by Gasteiger charge is 2.33. The number of methoxy groups -OCH3 is 1. The van der Waals surface area contributed by atoms with Crippen LogP contribution in [-0.2, 0) is 26.2 Å². The summed E-state index contributed by atoms with van der Waals surface area (Å²) in [5.41, 5.74) is 1.75. The van der Waals surface area contributed by atoms with Crippen molar-refractivity contribution in [1.82, 2.24) is 10.2 Å². The number of carbonyl (C=O) groups excluding carboxylic acids is 2. The molecule has 39 heavy (non-hydrogen) atoms. The fraction of sp³-hybridized carbons (Fsp3) is 0.310. The second kappa shape index (κ2) is 13.5. The van der Waals surface area contributed by atoms with Gasteiger partial charge in [-0.1, -0.05) is 54.9 Å². The number of hydrogen-bond acceptors (Lipinski definition) is 5. The number of hydrogen-bond donors (Lipinski definition) is 1. The fourth-order valence-corrected chi connectivity index (χ4v) is 5.77. The van der Waals surface area contributed by atoms with Crippen LogP contribution < -0.4 is 14.4 Å². The fourth-order valence-electron chi connectivity index (χ4n) is 4.16. The number of anilines is 1. The molecule has 0 aliphatic rings. The second-order valence-corrected chi connectivity index (χ2v) is 11.2. The molecule has 3 aromatic rings. The van der Waals surface area contributed by atoms with Gasteiger partial charge in [0, 0.05) is 18.1 Å². The van der Waals surface area contributed by atoms with Crippen LogP contribution in [0, 0.1) is 6.92 Å². The molecule has 0 saturated heterocycles. The Kier molecular flexibility index (Phi) is 10.4. The molecule has 0 aromatic heterocycles. The van der Waals surface area contributed by atoms with Gasteiger partial charge in [0.1, 0.15) is 18.3 Å². The van der Waals surface area contributed by atoms with Crippen LogP contribution in [0.2, 0.25) is 5.02 Å². The van der Waals surface area contributed by atoms with E-state index in [9.17, 15) is 18.0 Å². The Morgan fingerprint density at radius 1 is 1.00 bits per heavy atom. The quantitative estimate of drug-likeness (QED) is 0.337. The molecule has 1 N–H and O–H groups in total. The van der Waals surface area contributed by atoms with Gasteiger partial charge >= 0.3 is 0 Å². The minimum absolute atomic E-state index is 0.0320. The normalized spacial score (nSPS) is 11.9. The first-order valence-corrected chi connectivity index (χ1v) is 14.5. The highest BCUT2D eigenvalue weighted by molar-refractivity contribution is 7.92. The van der Waals surface area contributed by atoms with Crippen LogP contribution in [0.3, 0.4) is 0 Å². The van der Waals surface area contributed by atoms with E-state index in [1.807, 2.05) is 13.0 Å². The van der Waals surface area contributed by atoms with Crippen molar-refractivity contribution in [2.75, 3.05) is 24.5 Å². The zero-order valence-electron chi connectivity index (χ0n) is 22.6. The van der Waals surface area contributed by atoms with E-state index in [1.54, 1.807) is 69.5 Å². The lowest BCUT2D eigenvalue weighted by molar-refractivity contribution is -0.140. The highest BCUT2D eigenvalue weighted by Crippen LogP contribution is 2.29. The van der Waals surface area contributed by atoms with Crippen molar-refractivity contribution in [3.8, 4) is 5.75 Å². The summed E-state index contributed by atoms with van der Waals surface area (Å²) in [6, 6.07) is 19.1. The Hall–Kier alpha value is -3.56. The summed E-state index contributed by atoms with van der Waals surface area (Å²) >= 11 is 6.36. The molecular weight excluding hydrogens is 538 g/mol. The van der Waals surface area contributed by atoms with Crippen molar-refractivity contribution in [3.05, 3.63) is 88.9 Å². The third-order valence-electron chi connectivity index (χ3n) is 6.28. The Morgan fingerprint density at radius 2 is 1.72 bits per heavy atom. The molecular formula is C29H34ClN3O5S. The van der Waals surface area contributed by atoms with Gasteiger partial charge in [0.25, 0.3) is 10.0 Å². The van der Waals surface area contributed by atoms with Gasteiger partial charge in [0.05, 0.1) is 17.7 Å². The van der Waals surface area contributed by atoms with E-state index in [-0.39, 0.29) is 23.0 Å². The molecule has 0 saturated carbocycles. The topological polar surface area (TPSA) is 96.0 Å². The Morgan fingerprint density at radius 3 is 2.33 bits per heavy atom. The van der Waals surface area contributed by atoms with E-state index in [0.717, 1.165) is 15.4 Å². The van der Waals surface area contributed by atoms with Crippen LogP contribution in [0.25, 0.3) is 0 Å². The number of nitrogens with one attached hydrogen (secondary N) is 1. The summed E-state index contributed by atoms with van der Waals surface area (Å²) in [6.07, 6.45) is 0.337. The number of carbonyl (C=O) groups is 2. The van der Waals surface area contributed by atoms with E-state index < -0.39 is 28.5 Å². The van der Waals surface area contributed by atoms with Crippen LogP contribution in [0.4, 0.5) is 5.69 Å². The lowest BCUT2D eigenvalue weighted by Crippen LogP contribution is -2.52. The molecule has 3 aromatic carbocycles. The van der Waals surface area contributed by atoms with Gasteiger partial charge in [0.2, 0.25) is 11.8 Å². The molecule has 0 aliphatic heterocycles. The predicted molar refractivity (Wildman–Crippen MR) is 153 cm³/mol. The summed E-state index contributed by atoms with van der Waals surface area (Å²) in [6.45, 7) is 5.36. The maximum absolute atomic E-state index is 14.0. The van der Waals surface area contributed by atoms with Crippen LogP contribution in [0.1, 0.15) is 31.4 Å². The lowest BCUT2D eigenvalue weighted by Gasteiger charge is -2.33. The number of amides is 2. The van der Waals surface area contributed by atoms with E-state index in [2.05, 4.69) is 5.32 Å². The molecule has 0 radical (unpaired) electrons. The van der Waals surface area contributed by atoms with Crippen molar-refractivity contribution in [2.45, 2.75) is 44.7 Å². The van der Waals surface area contributed by atoms with E-state index in [0.29, 0.717) is 23.7 Å². The molecule has 0 aliphatic carbocycles. The van der Waals surface area contributed by atoms with Crippen molar-refractivity contribution in [2.24, 2.45) is 0 Å². The van der Waals surface area contributed by atoms with Gasteiger partial charge in [-0.15, -0.1) is 0 Å². The Bertz CT molecular complexity index is 1400. The predicted octanol–water partition coefficient (Wildman–Crippen LogP) is 4.80. The number of aryl methyl sites for hydroxylation is 1. The number of likely N-dealkylation sites (N-methyl/N-ethyl adjacent to an activating group) is 1. The zero-order valence-corrected chi connectivity index (χ0v) is 24.1. The van der Waals surface area contributed by atoms with Gasteiger partial charge in [-0.2, -0.15) is 0 Å².